The van der Waals surface area contributed by atoms with Crippen molar-refractivity contribution < 1.29 is 23.6 Å². The van der Waals surface area contributed by atoms with Gasteiger partial charge in [0.15, 0.2) is 5.82 Å². The maximum atomic E-state index is 13.3. The van der Waals surface area contributed by atoms with Gasteiger partial charge in [-0.2, -0.15) is 4.98 Å². The number of likely N-dealkylation sites (N-methyl/N-ethyl adjacent to an activating group) is 2. The van der Waals surface area contributed by atoms with Crippen molar-refractivity contribution >= 4 is 23.2 Å². The summed E-state index contributed by atoms with van der Waals surface area (Å²) in [7, 11) is 3.89. The zero-order valence-corrected chi connectivity index (χ0v) is 24.4. The molecule has 5 aliphatic rings. The van der Waals surface area contributed by atoms with Crippen molar-refractivity contribution in [3.63, 3.8) is 0 Å². The summed E-state index contributed by atoms with van der Waals surface area (Å²) < 4.78 is 18.4. The zero-order valence-electron chi connectivity index (χ0n) is 24.4. The predicted octanol–water partition coefficient (Wildman–Crippen LogP) is 3.28. The number of hydrogen-bond acceptors (Lipinski definition) is 10. The SMILES string of the molecule is C[C@H](Oc1nc(-c2onc3c2CCC[C@@]32CCCCC2=O)nc2c1N(C)C(=O)CN2[C@@H]1CCOC1)[C@@H]1CCCN1C. The van der Waals surface area contributed by atoms with E-state index in [1.165, 1.54) is 0 Å². The average Bonchev–Trinajstić information content (AvgIpc) is 3.74. The first kappa shape index (κ1) is 26.8. The molecule has 0 radical (unpaired) electrons. The van der Waals surface area contributed by atoms with Gasteiger partial charge in [-0.05, 0) is 71.9 Å². The normalized spacial score (nSPS) is 29.2. The highest BCUT2D eigenvalue weighted by Crippen LogP contribution is 2.48. The van der Waals surface area contributed by atoms with Crippen LogP contribution in [0.1, 0.15) is 76.0 Å². The molecule has 11 nitrogen and oxygen atoms in total. The lowest BCUT2D eigenvalue weighted by Gasteiger charge is -2.38. The third-order valence-corrected chi connectivity index (χ3v) is 10.1. The highest BCUT2D eigenvalue weighted by molar-refractivity contribution is 6.03. The van der Waals surface area contributed by atoms with Gasteiger partial charge in [-0.1, -0.05) is 11.6 Å². The van der Waals surface area contributed by atoms with E-state index in [9.17, 15) is 9.59 Å². The smallest absolute Gasteiger partial charge is 0.246 e. The standard InChI is InChI=1S/C30H40N6O5/c1-18(21-9-7-14-34(21)2)40-29-24-28(36(16-23(38)35(24)3)19-11-15-39-17-19)31-27(32-29)25-20-8-6-13-30(26(20)33-41-25)12-5-4-10-22(30)37/h18-19,21H,4-17H2,1-3H3/t18-,19+,21-,30+/m0/s1. The Hall–Kier alpha value is -3.05. The summed E-state index contributed by atoms with van der Waals surface area (Å²) in [6, 6.07) is 0.287. The van der Waals surface area contributed by atoms with E-state index in [1.807, 2.05) is 4.90 Å². The number of carbonyl (C=O) groups excluding carboxylic acids is 2. The number of hydrogen-bond donors (Lipinski definition) is 0. The van der Waals surface area contributed by atoms with Gasteiger partial charge in [-0.3, -0.25) is 14.5 Å². The molecule has 1 spiro atoms. The van der Waals surface area contributed by atoms with E-state index >= 15 is 0 Å². The molecule has 0 unspecified atom stereocenters. The van der Waals surface area contributed by atoms with Gasteiger partial charge in [0.2, 0.25) is 23.4 Å². The van der Waals surface area contributed by atoms with Crippen molar-refractivity contribution in [2.45, 2.75) is 94.7 Å². The molecular weight excluding hydrogens is 524 g/mol. The molecule has 2 aliphatic carbocycles. The number of nitrogens with zero attached hydrogens (tertiary/aromatic N) is 6. The van der Waals surface area contributed by atoms with Crippen LogP contribution in [0.2, 0.25) is 0 Å². The molecule has 2 aromatic heterocycles. The van der Waals surface area contributed by atoms with Crippen LogP contribution in [-0.2, 0) is 26.2 Å². The van der Waals surface area contributed by atoms with Crippen molar-refractivity contribution in [3.8, 4) is 17.5 Å². The highest BCUT2D eigenvalue weighted by atomic mass is 16.5. The lowest BCUT2D eigenvalue weighted by molar-refractivity contribution is -0.127. The molecule has 2 saturated heterocycles. The molecule has 0 aromatic carbocycles. The highest BCUT2D eigenvalue weighted by Gasteiger charge is 2.48. The second kappa shape index (κ2) is 10.3. The van der Waals surface area contributed by atoms with Gasteiger partial charge < -0.3 is 23.8 Å². The molecule has 2 aromatic rings. The van der Waals surface area contributed by atoms with Gasteiger partial charge in [-0.25, -0.2) is 4.98 Å². The largest absolute Gasteiger partial charge is 0.471 e. The topological polar surface area (TPSA) is 114 Å². The van der Waals surface area contributed by atoms with Crippen molar-refractivity contribution in [2.75, 3.05) is 50.2 Å². The molecule has 3 aliphatic heterocycles. The number of ketones is 1. The summed E-state index contributed by atoms with van der Waals surface area (Å²) in [5, 5.41) is 4.54. The van der Waals surface area contributed by atoms with Gasteiger partial charge in [0, 0.05) is 31.7 Å². The Morgan fingerprint density at radius 2 is 1.90 bits per heavy atom. The summed E-state index contributed by atoms with van der Waals surface area (Å²) in [4.78, 5) is 42.5. The van der Waals surface area contributed by atoms with Crippen molar-refractivity contribution in [1.29, 1.82) is 0 Å². The zero-order chi connectivity index (χ0) is 28.3. The minimum atomic E-state index is -0.553. The molecule has 5 heterocycles. The second-order valence-electron chi connectivity index (χ2n) is 12.5. The molecule has 41 heavy (non-hydrogen) atoms. The lowest BCUT2D eigenvalue weighted by Crippen LogP contribution is -2.49. The molecule has 1 amide bonds. The number of carbonyl (C=O) groups is 2. The summed E-state index contributed by atoms with van der Waals surface area (Å²) in [5.41, 5.74) is 1.75. The Morgan fingerprint density at radius 1 is 1.05 bits per heavy atom. The maximum absolute atomic E-state index is 13.3. The summed E-state index contributed by atoms with van der Waals surface area (Å²) >= 11 is 0. The van der Waals surface area contributed by atoms with Gasteiger partial charge in [0.05, 0.1) is 24.6 Å². The molecule has 4 atom stereocenters. The van der Waals surface area contributed by atoms with Crippen LogP contribution in [0.5, 0.6) is 5.88 Å². The summed E-state index contributed by atoms with van der Waals surface area (Å²) in [5.74, 6) is 2.18. The maximum Gasteiger partial charge on any atom is 0.246 e. The molecule has 1 saturated carbocycles. The van der Waals surface area contributed by atoms with Crippen LogP contribution < -0.4 is 14.5 Å². The van der Waals surface area contributed by atoms with Crippen molar-refractivity contribution in [3.05, 3.63) is 11.3 Å². The quantitative estimate of drug-likeness (QED) is 0.536. The van der Waals surface area contributed by atoms with E-state index in [4.69, 9.17) is 24.0 Å². The Balaban J connectivity index is 1.36. The molecule has 220 valence electrons. The number of aromatic nitrogens is 3. The molecule has 11 heteroatoms. The monoisotopic (exact) mass is 564 g/mol. The lowest BCUT2D eigenvalue weighted by atomic mass is 9.64. The summed E-state index contributed by atoms with van der Waals surface area (Å²) in [6.45, 7) is 4.50. The minimum Gasteiger partial charge on any atom is -0.471 e. The van der Waals surface area contributed by atoms with E-state index in [0.29, 0.717) is 48.6 Å². The average molecular weight is 565 g/mol. The third kappa shape index (κ3) is 4.34. The van der Waals surface area contributed by atoms with Gasteiger partial charge in [0.1, 0.15) is 23.3 Å². The van der Waals surface area contributed by atoms with Crippen LogP contribution in [0.3, 0.4) is 0 Å². The van der Waals surface area contributed by atoms with E-state index in [2.05, 4.69) is 24.0 Å². The van der Waals surface area contributed by atoms with E-state index in [1.54, 1.807) is 11.9 Å². The number of likely N-dealkylation sites (tertiary alicyclic amines) is 1. The van der Waals surface area contributed by atoms with Crippen molar-refractivity contribution in [1.82, 2.24) is 20.0 Å². The minimum absolute atomic E-state index is 0.0344. The fraction of sp³-hybridized carbons (Fsp3) is 0.700. The predicted molar refractivity (Wildman–Crippen MR) is 151 cm³/mol. The Bertz CT molecular complexity index is 1360. The van der Waals surface area contributed by atoms with Gasteiger partial charge in [0.25, 0.3) is 0 Å². The molecular formula is C30H40N6O5. The van der Waals surface area contributed by atoms with Crippen LogP contribution in [-0.4, -0.2) is 90.3 Å². The van der Waals surface area contributed by atoms with Crippen LogP contribution in [0.15, 0.2) is 4.52 Å². The number of ether oxygens (including phenoxy) is 2. The first-order valence-electron chi connectivity index (χ1n) is 15.3. The fourth-order valence-electron chi connectivity index (χ4n) is 7.79. The number of fused-ring (bicyclic) bond motifs is 3. The van der Waals surface area contributed by atoms with E-state index in [0.717, 1.165) is 75.6 Å². The molecule has 0 bridgehead atoms. The Labute approximate surface area is 240 Å². The first-order chi connectivity index (χ1) is 19.9. The number of anilines is 2. The van der Waals surface area contributed by atoms with Crippen molar-refractivity contribution in [2.24, 2.45) is 0 Å². The first-order valence-corrected chi connectivity index (χ1v) is 15.3. The van der Waals surface area contributed by atoms with Crippen LogP contribution in [0, 0.1) is 0 Å². The van der Waals surface area contributed by atoms with Crippen LogP contribution >= 0.6 is 0 Å². The Kier molecular flexibility index (Phi) is 6.77. The van der Waals surface area contributed by atoms with Gasteiger partial charge in [-0.15, -0.1) is 0 Å². The number of Topliss-reactive ketones (excluding diaryl/α,β-unsaturated/α-hetero) is 1. The molecule has 7 rings (SSSR count). The number of amides is 1. The summed E-state index contributed by atoms with van der Waals surface area (Å²) in [6.07, 6.45) is 8.70. The molecule has 3 fully saturated rings. The Morgan fingerprint density at radius 3 is 2.66 bits per heavy atom. The fourth-order valence-corrected chi connectivity index (χ4v) is 7.79. The van der Waals surface area contributed by atoms with E-state index < -0.39 is 5.41 Å². The van der Waals surface area contributed by atoms with Crippen LogP contribution in [0.4, 0.5) is 11.5 Å². The number of rotatable bonds is 5. The van der Waals surface area contributed by atoms with Gasteiger partial charge >= 0.3 is 0 Å². The third-order valence-electron chi connectivity index (χ3n) is 10.1. The van der Waals surface area contributed by atoms with Crippen LogP contribution in [0.25, 0.3) is 11.6 Å². The second-order valence-corrected chi connectivity index (χ2v) is 12.5. The van der Waals surface area contributed by atoms with E-state index in [-0.39, 0.29) is 36.4 Å². The molecule has 0 N–H and O–H groups in total.